The van der Waals surface area contributed by atoms with E-state index < -0.39 is 9.84 Å². The molecular weight excluding hydrogens is 272 g/mol. The minimum Gasteiger partial charge on any atom is -0.409 e. The molecule has 0 atom stereocenters. The molecular formula is C11H16N2O3S2. The minimum atomic E-state index is -2.88. The predicted molar refractivity (Wildman–Crippen MR) is 74.8 cm³/mol. The van der Waals surface area contributed by atoms with E-state index in [4.69, 9.17) is 10.9 Å². The second-order valence-electron chi connectivity index (χ2n) is 3.86. The normalized spacial score (nSPS) is 12.6. The molecule has 7 heteroatoms. The summed E-state index contributed by atoms with van der Waals surface area (Å²) in [6, 6.07) is 7.28. The summed E-state index contributed by atoms with van der Waals surface area (Å²) >= 11 is 1.56. The van der Waals surface area contributed by atoms with Gasteiger partial charge in [0, 0.05) is 23.3 Å². The number of hydrogen-bond acceptors (Lipinski definition) is 5. The smallest absolute Gasteiger partial charge is 0.170 e. The number of nitrogens with zero attached hydrogens (tertiary/aromatic N) is 1. The molecule has 0 aromatic heterocycles. The van der Waals surface area contributed by atoms with Gasteiger partial charge in [0.15, 0.2) is 5.84 Å². The van der Waals surface area contributed by atoms with E-state index in [0.29, 0.717) is 11.3 Å². The average Bonchev–Trinajstić information content (AvgIpc) is 2.33. The Bertz CT molecular complexity index is 510. The third-order valence-corrected chi connectivity index (χ3v) is 4.46. The van der Waals surface area contributed by atoms with E-state index in [9.17, 15) is 8.42 Å². The first kappa shape index (κ1) is 14.8. The van der Waals surface area contributed by atoms with Crippen molar-refractivity contribution in [3.05, 3.63) is 35.4 Å². The molecule has 0 bridgehead atoms. The molecule has 0 unspecified atom stereocenters. The Hall–Kier alpha value is -1.21. The van der Waals surface area contributed by atoms with Crippen LogP contribution in [0.5, 0.6) is 0 Å². The first-order chi connectivity index (χ1) is 8.42. The highest BCUT2D eigenvalue weighted by molar-refractivity contribution is 7.99. The van der Waals surface area contributed by atoms with Crippen molar-refractivity contribution in [2.24, 2.45) is 10.9 Å². The molecule has 1 aromatic rings. The van der Waals surface area contributed by atoms with Gasteiger partial charge in [-0.05, 0) is 5.56 Å². The van der Waals surface area contributed by atoms with Gasteiger partial charge in [-0.25, -0.2) is 8.42 Å². The van der Waals surface area contributed by atoms with Crippen LogP contribution in [0.15, 0.2) is 29.4 Å². The lowest BCUT2D eigenvalue weighted by atomic mass is 10.1. The fourth-order valence-electron chi connectivity index (χ4n) is 1.23. The van der Waals surface area contributed by atoms with Gasteiger partial charge < -0.3 is 10.9 Å². The van der Waals surface area contributed by atoms with Crippen LogP contribution in [0.2, 0.25) is 0 Å². The number of thioether (sulfide) groups is 1. The van der Waals surface area contributed by atoms with Gasteiger partial charge in [0.25, 0.3) is 0 Å². The lowest BCUT2D eigenvalue weighted by molar-refractivity contribution is 0.318. The minimum absolute atomic E-state index is 0.0753. The van der Waals surface area contributed by atoms with E-state index in [1.54, 1.807) is 23.9 Å². The lowest BCUT2D eigenvalue weighted by Gasteiger charge is -2.03. The van der Waals surface area contributed by atoms with Crippen LogP contribution in [0.4, 0.5) is 0 Å². The van der Waals surface area contributed by atoms with Gasteiger partial charge in [-0.2, -0.15) is 11.8 Å². The third-order valence-electron chi connectivity index (χ3n) is 2.22. The maximum atomic E-state index is 10.9. The molecule has 18 heavy (non-hydrogen) atoms. The zero-order valence-electron chi connectivity index (χ0n) is 10.0. The molecule has 1 aromatic carbocycles. The summed E-state index contributed by atoms with van der Waals surface area (Å²) in [5, 5.41) is 11.4. The largest absolute Gasteiger partial charge is 0.409 e. The highest BCUT2D eigenvalue weighted by Crippen LogP contribution is 2.13. The molecule has 0 amide bonds. The van der Waals surface area contributed by atoms with Gasteiger partial charge in [-0.1, -0.05) is 29.4 Å². The number of hydrogen-bond donors (Lipinski definition) is 2. The summed E-state index contributed by atoms with van der Waals surface area (Å²) in [6.45, 7) is 0. The second kappa shape index (κ2) is 6.65. The summed E-state index contributed by atoms with van der Waals surface area (Å²) in [4.78, 5) is 0. The van der Waals surface area contributed by atoms with Crippen molar-refractivity contribution >= 4 is 27.4 Å². The van der Waals surface area contributed by atoms with Crippen LogP contribution >= 0.6 is 11.8 Å². The van der Waals surface area contributed by atoms with Crippen LogP contribution < -0.4 is 5.73 Å². The maximum Gasteiger partial charge on any atom is 0.170 e. The number of rotatable bonds is 6. The van der Waals surface area contributed by atoms with Gasteiger partial charge in [-0.3, -0.25) is 0 Å². The number of benzene rings is 1. The number of sulfone groups is 1. The van der Waals surface area contributed by atoms with Crippen molar-refractivity contribution in [3.8, 4) is 0 Å². The molecule has 100 valence electrons. The maximum absolute atomic E-state index is 10.9. The van der Waals surface area contributed by atoms with Crippen molar-refractivity contribution in [1.82, 2.24) is 0 Å². The van der Waals surface area contributed by atoms with Crippen LogP contribution in [0.3, 0.4) is 0 Å². The van der Waals surface area contributed by atoms with E-state index in [-0.39, 0.29) is 11.6 Å². The van der Waals surface area contributed by atoms with Gasteiger partial charge in [-0.15, -0.1) is 0 Å². The molecule has 0 fully saturated rings. The highest BCUT2D eigenvalue weighted by atomic mass is 32.2. The summed E-state index contributed by atoms with van der Waals surface area (Å²) in [5.74, 6) is 1.60. The topological polar surface area (TPSA) is 92.8 Å². The average molecular weight is 288 g/mol. The molecule has 0 saturated carbocycles. The first-order valence-corrected chi connectivity index (χ1v) is 8.46. The van der Waals surface area contributed by atoms with Crippen LogP contribution in [-0.4, -0.2) is 37.2 Å². The molecule has 5 nitrogen and oxygen atoms in total. The summed E-state index contributed by atoms with van der Waals surface area (Å²) in [5.41, 5.74) is 7.17. The van der Waals surface area contributed by atoms with Crippen molar-refractivity contribution in [2.75, 3.05) is 17.8 Å². The molecule has 0 aliphatic rings. The SMILES string of the molecule is CS(=O)(=O)CCSCc1ccc(C(N)=NO)cc1. The molecule has 0 spiro atoms. The van der Waals surface area contributed by atoms with Crippen LogP contribution in [0.1, 0.15) is 11.1 Å². The van der Waals surface area contributed by atoms with Crippen molar-refractivity contribution in [1.29, 1.82) is 0 Å². The van der Waals surface area contributed by atoms with Gasteiger partial charge in [0.1, 0.15) is 9.84 Å². The standard InChI is InChI=1S/C11H16N2O3S2/c1-18(15,16)7-6-17-8-9-2-4-10(5-3-9)11(12)13-14/h2-5,14H,6-8H2,1H3,(H2,12,13). The monoisotopic (exact) mass is 288 g/mol. The van der Waals surface area contributed by atoms with E-state index in [0.717, 1.165) is 11.3 Å². The summed E-state index contributed by atoms with van der Waals surface area (Å²) in [7, 11) is -2.88. The molecule has 0 aliphatic carbocycles. The van der Waals surface area contributed by atoms with Crippen LogP contribution in [0, 0.1) is 0 Å². The van der Waals surface area contributed by atoms with Gasteiger partial charge >= 0.3 is 0 Å². The summed E-state index contributed by atoms with van der Waals surface area (Å²) in [6.07, 6.45) is 1.24. The van der Waals surface area contributed by atoms with Crippen LogP contribution in [-0.2, 0) is 15.6 Å². The van der Waals surface area contributed by atoms with E-state index in [1.165, 1.54) is 6.26 Å². The summed E-state index contributed by atoms with van der Waals surface area (Å²) < 4.78 is 21.9. The van der Waals surface area contributed by atoms with E-state index in [1.807, 2.05) is 12.1 Å². The van der Waals surface area contributed by atoms with E-state index >= 15 is 0 Å². The Kier molecular flexibility index (Phi) is 5.49. The first-order valence-electron chi connectivity index (χ1n) is 5.24. The molecule has 3 N–H and O–H groups in total. The Morgan fingerprint density at radius 1 is 1.39 bits per heavy atom. The van der Waals surface area contributed by atoms with Gasteiger partial charge in [0.2, 0.25) is 0 Å². The van der Waals surface area contributed by atoms with Crippen molar-refractivity contribution in [2.45, 2.75) is 5.75 Å². The van der Waals surface area contributed by atoms with Crippen molar-refractivity contribution in [3.63, 3.8) is 0 Å². The number of amidine groups is 1. The fraction of sp³-hybridized carbons (Fsp3) is 0.364. The molecule has 0 saturated heterocycles. The Balaban J connectivity index is 2.45. The van der Waals surface area contributed by atoms with Gasteiger partial charge in [0.05, 0.1) is 5.75 Å². The van der Waals surface area contributed by atoms with E-state index in [2.05, 4.69) is 5.16 Å². The Morgan fingerprint density at radius 3 is 2.50 bits per heavy atom. The molecule has 0 radical (unpaired) electrons. The van der Waals surface area contributed by atoms with Crippen LogP contribution in [0.25, 0.3) is 0 Å². The molecule has 0 heterocycles. The highest BCUT2D eigenvalue weighted by Gasteiger charge is 2.03. The zero-order chi connectivity index (χ0) is 13.6. The Morgan fingerprint density at radius 2 is 2.00 bits per heavy atom. The predicted octanol–water partition coefficient (Wildman–Crippen LogP) is 1.06. The zero-order valence-corrected chi connectivity index (χ0v) is 11.7. The fourth-order valence-corrected chi connectivity index (χ4v) is 3.48. The quantitative estimate of drug-likeness (QED) is 0.268. The number of nitrogens with two attached hydrogens (primary N) is 1. The Labute approximate surface area is 111 Å². The molecule has 1 rings (SSSR count). The second-order valence-corrected chi connectivity index (χ2v) is 7.23. The third kappa shape index (κ3) is 5.42. The van der Waals surface area contributed by atoms with Crippen molar-refractivity contribution < 1.29 is 13.6 Å². The number of oxime groups is 1. The lowest BCUT2D eigenvalue weighted by Crippen LogP contribution is -2.12. The molecule has 0 aliphatic heterocycles.